The molecule has 0 unspecified atom stereocenters. The Balaban J connectivity index is 1.63. The summed E-state index contributed by atoms with van der Waals surface area (Å²) in [6.07, 6.45) is 12.3. The van der Waals surface area contributed by atoms with Gasteiger partial charge in [-0.05, 0) is 27.2 Å². The number of nitrogens with zero attached hydrogens (tertiary/aromatic N) is 4. The molecule has 1 fully saturated rings. The molecule has 1 aromatic heterocycles. The summed E-state index contributed by atoms with van der Waals surface area (Å²) >= 11 is 0. The number of hydrogen-bond acceptors (Lipinski definition) is 4. The molecular formula is C23H40N4O. The van der Waals surface area contributed by atoms with E-state index in [1.165, 1.54) is 51.4 Å². The van der Waals surface area contributed by atoms with Gasteiger partial charge in [-0.3, -0.25) is 4.79 Å². The normalized spacial score (nSPS) is 14.6. The number of unbranched alkanes of at least 4 members (excludes halogenated alkanes) is 8. The third-order valence-corrected chi connectivity index (χ3v) is 5.90. The SMILES string of the molecule is CCCCCCCCCCCC(=O)N1CCN(c2nc(C)nc(C)c2C)CC1. The van der Waals surface area contributed by atoms with Crippen molar-refractivity contribution in [2.45, 2.75) is 91.9 Å². The summed E-state index contributed by atoms with van der Waals surface area (Å²) in [6.45, 7) is 11.7. The Bertz CT molecular complexity index is 609. The molecule has 1 aliphatic heterocycles. The van der Waals surface area contributed by atoms with Gasteiger partial charge in [0.2, 0.25) is 5.91 Å². The molecule has 1 aromatic rings. The first-order valence-electron chi connectivity index (χ1n) is 11.4. The van der Waals surface area contributed by atoms with Crippen LogP contribution in [0.25, 0.3) is 0 Å². The first-order chi connectivity index (χ1) is 13.5. The highest BCUT2D eigenvalue weighted by Crippen LogP contribution is 2.21. The van der Waals surface area contributed by atoms with E-state index in [0.717, 1.165) is 55.5 Å². The average Bonchev–Trinajstić information content (AvgIpc) is 2.69. The van der Waals surface area contributed by atoms with Crippen molar-refractivity contribution >= 4 is 11.7 Å². The zero-order valence-electron chi connectivity index (χ0n) is 18.6. The van der Waals surface area contributed by atoms with Gasteiger partial charge in [-0.1, -0.05) is 58.3 Å². The molecule has 5 heteroatoms. The Morgan fingerprint density at radius 2 is 1.39 bits per heavy atom. The predicted octanol–water partition coefficient (Wildman–Crippen LogP) is 4.97. The van der Waals surface area contributed by atoms with E-state index < -0.39 is 0 Å². The first-order valence-corrected chi connectivity index (χ1v) is 11.4. The number of amides is 1. The second-order valence-electron chi connectivity index (χ2n) is 8.25. The molecule has 0 saturated carbocycles. The van der Waals surface area contributed by atoms with Gasteiger partial charge in [-0.2, -0.15) is 0 Å². The van der Waals surface area contributed by atoms with Crippen LogP contribution in [0, 0.1) is 20.8 Å². The van der Waals surface area contributed by atoms with Gasteiger partial charge in [-0.15, -0.1) is 0 Å². The third-order valence-electron chi connectivity index (χ3n) is 5.90. The highest BCUT2D eigenvalue weighted by Gasteiger charge is 2.23. The lowest BCUT2D eigenvalue weighted by molar-refractivity contribution is -0.131. The molecule has 2 heterocycles. The largest absolute Gasteiger partial charge is 0.353 e. The molecule has 0 spiro atoms. The number of carbonyl (C=O) groups excluding carboxylic acids is 1. The molecule has 28 heavy (non-hydrogen) atoms. The van der Waals surface area contributed by atoms with Crippen LogP contribution >= 0.6 is 0 Å². The summed E-state index contributed by atoms with van der Waals surface area (Å²) in [5.41, 5.74) is 2.20. The average molecular weight is 389 g/mol. The van der Waals surface area contributed by atoms with Crippen molar-refractivity contribution < 1.29 is 4.79 Å². The van der Waals surface area contributed by atoms with Crippen LogP contribution in [0.2, 0.25) is 0 Å². The second kappa shape index (κ2) is 12.0. The fourth-order valence-corrected chi connectivity index (χ4v) is 3.97. The highest BCUT2D eigenvalue weighted by atomic mass is 16.2. The van der Waals surface area contributed by atoms with Gasteiger partial charge in [-0.25, -0.2) is 9.97 Å². The quantitative estimate of drug-likeness (QED) is 0.502. The van der Waals surface area contributed by atoms with E-state index in [4.69, 9.17) is 0 Å². The van der Waals surface area contributed by atoms with E-state index in [-0.39, 0.29) is 0 Å². The van der Waals surface area contributed by atoms with E-state index in [0.29, 0.717) is 12.3 Å². The van der Waals surface area contributed by atoms with Gasteiger partial charge < -0.3 is 9.80 Å². The van der Waals surface area contributed by atoms with Crippen LogP contribution in [-0.4, -0.2) is 47.0 Å². The summed E-state index contributed by atoms with van der Waals surface area (Å²) in [5, 5.41) is 0. The zero-order chi connectivity index (χ0) is 20.4. The molecule has 1 saturated heterocycles. The van der Waals surface area contributed by atoms with Crippen LogP contribution < -0.4 is 4.90 Å². The number of anilines is 1. The maximum atomic E-state index is 12.5. The summed E-state index contributed by atoms with van der Waals surface area (Å²) in [7, 11) is 0. The molecule has 5 nitrogen and oxygen atoms in total. The van der Waals surface area contributed by atoms with Crippen molar-refractivity contribution in [2.24, 2.45) is 0 Å². The van der Waals surface area contributed by atoms with Gasteiger partial charge in [0.05, 0.1) is 0 Å². The standard InChI is InChI=1S/C23H40N4O/c1-5-6-7-8-9-10-11-12-13-14-22(28)26-15-17-27(18-16-26)23-19(2)20(3)24-21(4)25-23/h5-18H2,1-4H3. The number of hydrogen-bond donors (Lipinski definition) is 0. The highest BCUT2D eigenvalue weighted by molar-refractivity contribution is 5.76. The van der Waals surface area contributed by atoms with Crippen LogP contribution in [0.5, 0.6) is 0 Å². The Hall–Kier alpha value is -1.65. The lowest BCUT2D eigenvalue weighted by atomic mass is 10.1. The van der Waals surface area contributed by atoms with Crippen LogP contribution in [-0.2, 0) is 4.79 Å². The summed E-state index contributed by atoms with van der Waals surface area (Å²) in [5.74, 6) is 2.19. The van der Waals surface area contributed by atoms with Crippen molar-refractivity contribution in [1.82, 2.24) is 14.9 Å². The second-order valence-corrected chi connectivity index (χ2v) is 8.25. The maximum Gasteiger partial charge on any atom is 0.222 e. The fraction of sp³-hybridized carbons (Fsp3) is 0.783. The smallest absolute Gasteiger partial charge is 0.222 e. The maximum absolute atomic E-state index is 12.5. The minimum atomic E-state index is 0.328. The van der Waals surface area contributed by atoms with Gasteiger partial charge >= 0.3 is 0 Å². The van der Waals surface area contributed by atoms with Gasteiger partial charge in [0.1, 0.15) is 11.6 Å². The molecule has 2 rings (SSSR count). The van der Waals surface area contributed by atoms with E-state index in [9.17, 15) is 4.79 Å². The molecule has 0 bridgehead atoms. The van der Waals surface area contributed by atoms with Crippen LogP contribution in [0.15, 0.2) is 0 Å². The van der Waals surface area contributed by atoms with Crippen molar-refractivity contribution in [2.75, 3.05) is 31.1 Å². The van der Waals surface area contributed by atoms with Crippen LogP contribution in [0.4, 0.5) is 5.82 Å². The number of rotatable bonds is 11. The topological polar surface area (TPSA) is 49.3 Å². The van der Waals surface area contributed by atoms with Crippen molar-refractivity contribution in [3.05, 3.63) is 17.1 Å². The molecule has 1 amide bonds. The molecular weight excluding hydrogens is 348 g/mol. The van der Waals surface area contributed by atoms with Gasteiger partial charge in [0.15, 0.2) is 0 Å². The van der Waals surface area contributed by atoms with Gasteiger partial charge in [0.25, 0.3) is 0 Å². The van der Waals surface area contributed by atoms with E-state index in [1.807, 2.05) is 18.7 Å². The van der Waals surface area contributed by atoms with Crippen molar-refractivity contribution in [1.29, 1.82) is 0 Å². The summed E-state index contributed by atoms with van der Waals surface area (Å²) < 4.78 is 0. The summed E-state index contributed by atoms with van der Waals surface area (Å²) in [4.78, 5) is 25.9. The van der Waals surface area contributed by atoms with Crippen LogP contribution in [0.3, 0.4) is 0 Å². The van der Waals surface area contributed by atoms with E-state index >= 15 is 0 Å². The molecule has 0 N–H and O–H groups in total. The Kier molecular flexibility index (Phi) is 9.72. The molecule has 158 valence electrons. The molecule has 0 atom stereocenters. The fourth-order valence-electron chi connectivity index (χ4n) is 3.97. The zero-order valence-corrected chi connectivity index (χ0v) is 18.6. The molecule has 0 aliphatic carbocycles. The lowest BCUT2D eigenvalue weighted by Crippen LogP contribution is -2.49. The number of piperazine rings is 1. The van der Waals surface area contributed by atoms with E-state index in [2.05, 4.69) is 28.7 Å². The third kappa shape index (κ3) is 7.06. The number of aromatic nitrogens is 2. The predicted molar refractivity (Wildman–Crippen MR) is 117 cm³/mol. The van der Waals surface area contributed by atoms with Crippen molar-refractivity contribution in [3.8, 4) is 0 Å². The molecule has 1 aliphatic rings. The Morgan fingerprint density at radius 1 is 0.821 bits per heavy atom. The van der Waals surface area contributed by atoms with Gasteiger partial charge in [0, 0.05) is 43.9 Å². The number of carbonyl (C=O) groups is 1. The lowest BCUT2D eigenvalue weighted by Gasteiger charge is -2.36. The molecule has 0 radical (unpaired) electrons. The first kappa shape index (κ1) is 22.6. The van der Waals surface area contributed by atoms with E-state index in [1.54, 1.807) is 0 Å². The van der Waals surface area contributed by atoms with Crippen molar-refractivity contribution in [3.63, 3.8) is 0 Å². The minimum Gasteiger partial charge on any atom is -0.353 e. The summed E-state index contributed by atoms with van der Waals surface area (Å²) in [6, 6.07) is 0. The Labute approximate surface area is 171 Å². The monoisotopic (exact) mass is 388 g/mol. The number of aryl methyl sites for hydroxylation is 2. The van der Waals surface area contributed by atoms with Crippen LogP contribution in [0.1, 0.15) is 88.2 Å². The minimum absolute atomic E-state index is 0.328. The Morgan fingerprint density at radius 3 is 2.00 bits per heavy atom. The molecule has 0 aromatic carbocycles.